The van der Waals surface area contributed by atoms with Crippen molar-refractivity contribution in [1.82, 2.24) is 39.7 Å². The summed E-state index contributed by atoms with van der Waals surface area (Å²) in [6, 6.07) is 14.1. The number of rotatable bonds is 5. The molecule has 0 saturated carbocycles. The molecule has 1 amide bonds. The van der Waals surface area contributed by atoms with Gasteiger partial charge in [0, 0.05) is 46.5 Å². The van der Waals surface area contributed by atoms with Crippen LogP contribution in [0.5, 0.6) is 0 Å². The van der Waals surface area contributed by atoms with Gasteiger partial charge in [-0.3, -0.25) is 14.9 Å². The highest BCUT2D eigenvalue weighted by Crippen LogP contribution is 2.45. The van der Waals surface area contributed by atoms with Crippen molar-refractivity contribution in [3.8, 4) is 22.4 Å². The molecule has 3 atom stereocenters. The number of aromatic amines is 1. The Kier molecular flexibility index (Phi) is 5.58. The van der Waals surface area contributed by atoms with Gasteiger partial charge in [0.15, 0.2) is 5.65 Å². The number of nitrogens with zero attached hydrogens (tertiary/aromatic N) is 7. The van der Waals surface area contributed by atoms with Gasteiger partial charge in [0.25, 0.3) is 5.91 Å². The lowest BCUT2D eigenvalue weighted by molar-refractivity contribution is 0.0556. The Morgan fingerprint density at radius 3 is 2.49 bits per heavy atom. The molecule has 4 aromatic heterocycles. The van der Waals surface area contributed by atoms with Crippen LogP contribution in [0.15, 0.2) is 61.2 Å². The van der Waals surface area contributed by atoms with Crippen LogP contribution in [-0.2, 0) is 6.61 Å². The van der Waals surface area contributed by atoms with Gasteiger partial charge in [0.2, 0.25) is 5.82 Å². The second-order valence-electron chi connectivity index (χ2n) is 10.2. The number of benzene rings is 1. The van der Waals surface area contributed by atoms with E-state index in [2.05, 4.69) is 25.3 Å². The number of nitrogen functional groups attached to an aromatic ring is 1. The van der Waals surface area contributed by atoms with Crippen LogP contribution in [0, 0.1) is 0 Å². The number of nitrogens with two attached hydrogens (primary N) is 1. The molecule has 39 heavy (non-hydrogen) atoms. The molecule has 1 unspecified atom stereocenters. The molecule has 2 aliphatic rings. The maximum atomic E-state index is 13.1. The highest BCUT2D eigenvalue weighted by atomic mass is 16.3. The molecule has 2 aliphatic heterocycles. The van der Waals surface area contributed by atoms with Gasteiger partial charge in [-0.15, -0.1) is 0 Å². The number of pyridine rings is 1. The number of carbonyl (C=O) groups is 1. The van der Waals surface area contributed by atoms with Crippen molar-refractivity contribution in [2.24, 2.45) is 0 Å². The predicted molar refractivity (Wildman–Crippen MR) is 143 cm³/mol. The summed E-state index contributed by atoms with van der Waals surface area (Å²) in [4.78, 5) is 28.8. The molecule has 6 heterocycles. The molecule has 2 fully saturated rings. The summed E-state index contributed by atoms with van der Waals surface area (Å²) in [6.45, 7) is -0.237. The number of hydrogen-bond acceptors (Lipinski definition) is 8. The number of aromatic nitrogens is 7. The van der Waals surface area contributed by atoms with Gasteiger partial charge < -0.3 is 15.7 Å². The van der Waals surface area contributed by atoms with Crippen LogP contribution in [0.3, 0.4) is 0 Å². The van der Waals surface area contributed by atoms with E-state index in [0.717, 1.165) is 53.8 Å². The average Bonchev–Trinajstić information content (AvgIpc) is 3.72. The zero-order chi connectivity index (χ0) is 26.5. The van der Waals surface area contributed by atoms with E-state index in [4.69, 9.17) is 10.7 Å². The van der Waals surface area contributed by atoms with Crippen LogP contribution >= 0.6 is 0 Å². The summed E-state index contributed by atoms with van der Waals surface area (Å²) in [7, 11) is 0. The maximum absolute atomic E-state index is 13.1. The Balaban J connectivity index is 1.24. The second kappa shape index (κ2) is 9.28. The summed E-state index contributed by atoms with van der Waals surface area (Å²) in [5, 5.41) is 21.3. The van der Waals surface area contributed by atoms with Crippen LogP contribution in [0.2, 0.25) is 0 Å². The molecule has 11 nitrogen and oxygen atoms in total. The fraction of sp³-hybridized carbons (Fsp3) is 0.286. The van der Waals surface area contributed by atoms with Crippen molar-refractivity contribution in [1.29, 1.82) is 0 Å². The van der Waals surface area contributed by atoms with Gasteiger partial charge in [-0.05, 0) is 31.7 Å². The molecule has 7 rings (SSSR count). The quantitative estimate of drug-likeness (QED) is 0.319. The van der Waals surface area contributed by atoms with Crippen LogP contribution in [0.1, 0.15) is 53.5 Å². The number of hydrogen-bond donors (Lipinski definition) is 3. The largest absolute Gasteiger partial charge is 0.391 e. The van der Waals surface area contributed by atoms with Crippen molar-refractivity contribution in [3.05, 3.63) is 78.3 Å². The second-order valence-corrected chi connectivity index (χ2v) is 10.2. The molecule has 11 heteroatoms. The van der Waals surface area contributed by atoms with Crippen LogP contribution in [0.4, 0.5) is 5.82 Å². The van der Waals surface area contributed by atoms with E-state index in [1.165, 1.54) is 6.33 Å². The zero-order valence-electron chi connectivity index (χ0n) is 21.1. The van der Waals surface area contributed by atoms with Crippen molar-refractivity contribution < 1.29 is 9.90 Å². The first-order valence-corrected chi connectivity index (χ1v) is 13.1. The van der Waals surface area contributed by atoms with Gasteiger partial charge in [-0.1, -0.05) is 36.4 Å². The molecule has 0 aliphatic carbocycles. The average molecular weight is 522 g/mol. The molecule has 196 valence electrons. The number of aliphatic hydroxyl groups excluding tert-OH is 1. The van der Waals surface area contributed by atoms with Gasteiger partial charge in [0.05, 0.1) is 24.2 Å². The highest BCUT2D eigenvalue weighted by Gasteiger charge is 2.45. The third-order valence-corrected chi connectivity index (χ3v) is 8.09. The van der Waals surface area contributed by atoms with E-state index in [1.54, 1.807) is 10.7 Å². The Labute approximate surface area is 223 Å². The van der Waals surface area contributed by atoms with Gasteiger partial charge in [-0.25, -0.2) is 9.97 Å². The van der Waals surface area contributed by atoms with Crippen molar-refractivity contribution in [2.75, 3.05) is 5.73 Å². The number of anilines is 1. The summed E-state index contributed by atoms with van der Waals surface area (Å²) >= 11 is 0. The highest BCUT2D eigenvalue weighted by molar-refractivity contribution is 5.91. The topological polar surface area (TPSA) is 151 Å². The minimum atomic E-state index is -0.237. The number of aliphatic hydroxyl groups is 1. The van der Waals surface area contributed by atoms with Gasteiger partial charge in [0.1, 0.15) is 12.1 Å². The zero-order valence-corrected chi connectivity index (χ0v) is 21.1. The molecular weight excluding hydrogens is 494 g/mol. The Hall–Kier alpha value is -4.64. The smallest absolute Gasteiger partial charge is 0.291 e. The summed E-state index contributed by atoms with van der Waals surface area (Å²) in [5.41, 5.74) is 12.2. The monoisotopic (exact) mass is 521 g/mol. The first kappa shape index (κ1) is 23.5. The molecule has 2 bridgehead atoms. The van der Waals surface area contributed by atoms with E-state index in [9.17, 15) is 9.90 Å². The lowest BCUT2D eigenvalue weighted by Crippen LogP contribution is -2.46. The molecular formula is C28H27N9O2. The van der Waals surface area contributed by atoms with Gasteiger partial charge >= 0.3 is 0 Å². The molecule has 2 saturated heterocycles. The molecule has 1 aromatic carbocycles. The normalized spacial score (nSPS) is 20.5. The summed E-state index contributed by atoms with van der Waals surface area (Å²) in [5.74, 6) is 0.580. The summed E-state index contributed by atoms with van der Waals surface area (Å²) in [6.07, 6.45) is 8.24. The standard InChI is InChI=1S/C28H27N9O2/c29-25-22(14-38)24(18-10-19-7-8-20(11-18)36(19)28(39)26-31-15-32-35-26)34-27-21(13-33-37(25)27)17-6-9-23(30-12-17)16-4-2-1-3-5-16/h1-6,9,12-13,15,18-20,38H,7-8,10-11,14,29H2,(H,31,32,35)/t18?,19-,20+. The summed E-state index contributed by atoms with van der Waals surface area (Å²) < 4.78 is 1.59. The molecule has 0 spiro atoms. The van der Waals surface area contributed by atoms with E-state index in [-0.39, 0.29) is 36.3 Å². The first-order valence-electron chi connectivity index (χ1n) is 13.1. The molecule has 4 N–H and O–H groups in total. The predicted octanol–water partition coefficient (Wildman–Crippen LogP) is 3.20. The Morgan fingerprint density at radius 2 is 1.82 bits per heavy atom. The fourth-order valence-corrected chi connectivity index (χ4v) is 6.27. The number of H-pyrrole nitrogens is 1. The first-order chi connectivity index (χ1) is 19.1. The van der Waals surface area contributed by atoms with E-state index >= 15 is 0 Å². The van der Waals surface area contributed by atoms with E-state index in [1.807, 2.05) is 53.6 Å². The van der Waals surface area contributed by atoms with Crippen molar-refractivity contribution in [2.45, 2.75) is 50.3 Å². The van der Waals surface area contributed by atoms with Crippen molar-refractivity contribution in [3.63, 3.8) is 0 Å². The SMILES string of the molecule is Nc1c(CO)c(C2C[C@H]3CC[C@@H](C2)N3C(=O)c2ncn[nH]2)nc2c(-c3ccc(-c4ccccc4)nc3)cnn12. The third kappa shape index (κ3) is 3.85. The van der Waals surface area contributed by atoms with E-state index < -0.39 is 0 Å². The minimum absolute atomic E-state index is 0.0528. The van der Waals surface area contributed by atoms with Crippen LogP contribution in [-0.4, -0.2) is 62.8 Å². The lowest BCUT2D eigenvalue weighted by Gasteiger charge is -2.38. The van der Waals surface area contributed by atoms with Crippen molar-refractivity contribution >= 4 is 17.4 Å². The number of nitrogens with one attached hydrogen (secondary N) is 1. The van der Waals surface area contributed by atoms with Crippen LogP contribution in [0.25, 0.3) is 28.0 Å². The third-order valence-electron chi connectivity index (χ3n) is 8.09. The fourth-order valence-electron chi connectivity index (χ4n) is 6.27. The molecule has 5 aromatic rings. The maximum Gasteiger partial charge on any atom is 0.291 e. The minimum Gasteiger partial charge on any atom is -0.391 e. The Bertz CT molecular complexity index is 1630. The van der Waals surface area contributed by atoms with Crippen LogP contribution < -0.4 is 5.73 Å². The van der Waals surface area contributed by atoms with E-state index in [0.29, 0.717) is 17.0 Å². The molecule has 0 radical (unpaired) electrons. The lowest BCUT2D eigenvalue weighted by atomic mass is 9.86. The number of piperidine rings is 1. The number of carbonyl (C=O) groups excluding carboxylic acids is 1. The number of amides is 1. The Morgan fingerprint density at radius 1 is 1.03 bits per heavy atom. The van der Waals surface area contributed by atoms with Gasteiger partial charge in [-0.2, -0.15) is 14.7 Å². The number of fused-ring (bicyclic) bond motifs is 3.